The Kier molecular flexibility index (Phi) is 5.27. The van der Waals surface area contributed by atoms with Crippen molar-refractivity contribution in [3.05, 3.63) is 69.7 Å². The minimum atomic E-state index is -3.73. The number of hydrazone groups is 1. The molecule has 0 radical (unpaired) electrons. The van der Waals surface area contributed by atoms with E-state index < -0.39 is 15.9 Å². The SMILES string of the molecule is O=C(NN=Cc1cccs1)c1ccccc1NS(=O)(=O)c1cccs1. The number of benzene rings is 1. The van der Waals surface area contributed by atoms with Gasteiger partial charge in [-0.2, -0.15) is 5.10 Å². The van der Waals surface area contributed by atoms with Gasteiger partial charge in [0.1, 0.15) is 4.21 Å². The fourth-order valence-corrected chi connectivity index (χ4v) is 4.62. The molecule has 0 bridgehead atoms. The molecule has 3 aromatic rings. The smallest absolute Gasteiger partial charge is 0.273 e. The molecule has 0 atom stereocenters. The van der Waals surface area contributed by atoms with E-state index in [-0.39, 0.29) is 15.5 Å². The van der Waals surface area contributed by atoms with Gasteiger partial charge in [0, 0.05) is 4.88 Å². The normalized spacial score (nSPS) is 11.5. The average molecular weight is 391 g/mol. The van der Waals surface area contributed by atoms with Crippen LogP contribution < -0.4 is 10.1 Å². The summed E-state index contributed by atoms with van der Waals surface area (Å²) < 4.78 is 27.3. The van der Waals surface area contributed by atoms with Gasteiger partial charge in [-0.05, 0) is 35.0 Å². The number of para-hydroxylation sites is 1. The predicted molar refractivity (Wildman–Crippen MR) is 101 cm³/mol. The molecule has 0 saturated heterocycles. The van der Waals surface area contributed by atoms with Crippen molar-refractivity contribution in [3.8, 4) is 0 Å². The Hall–Kier alpha value is -2.49. The highest BCUT2D eigenvalue weighted by atomic mass is 32.2. The highest BCUT2D eigenvalue weighted by Gasteiger charge is 2.19. The highest BCUT2D eigenvalue weighted by Crippen LogP contribution is 2.22. The van der Waals surface area contributed by atoms with E-state index in [0.717, 1.165) is 16.2 Å². The Labute approximate surface area is 152 Å². The van der Waals surface area contributed by atoms with E-state index in [1.807, 2.05) is 17.5 Å². The molecule has 0 saturated carbocycles. The van der Waals surface area contributed by atoms with Crippen LogP contribution in [0.5, 0.6) is 0 Å². The zero-order valence-electron chi connectivity index (χ0n) is 12.7. The number of amides is 1. The molecule has 0 spiro atoms. The van der Waals surface area contributed by atoms with Crippen LogP contribution in [-0.2, 0) is 10.0 Å². The maximum Gasteiger partial charge on any atom is 0.273 e. The van der Waals surface area contributed by atoms with E-state index in [1.54, 1.807) is 23.6 Å². The number of sulfonamides is 1. The van der Waals surface area contributed by atoms with Crippen LogP contribution in [0.15, 0.2) is 68.6 Å². The molecule has 128 valence electrons. The number of nitrogens with one attached hydrogen (secondary N) is 2. The average Bonchev–Trinajstić information content (AvgIpc) is 3.29. The van der Waals surface area contributed by atoms with Crippen LogP contribution in [0.4, 0.5) is 5.69 Å². The molecular weight excluding hydrogens is 378 g/mol. The van der Waals surface area contributed by atoms with Gasteiger partial charge in [0.05, 0.1) is 17.5 Å². The molecule has 9 heteroatoms. The lowest BCUT2D eigenvalue weighted by molar-refractivity contribution is 0.0956. The third kappa shape index (κ3) is 4.32. The van der Waals surface area contributed by atoms with Crippen LogP contribution in [0.2, 0.25) is 0 Å². The summed E-state index contributed by atoms with van der Waals surface area (Å²) in [6.45, 7) is 0. The van der Waals surface area contributed by atoms with Crippen molar-refractivity contribution >= 4 is 50.5 Å². The van der Waals surface area contributed by atoms with Crippen molar-refractivity contribution in [2.45, 2.75) is 4.21 Å². The van der Waals surface area contributed by atoms with Crippen molar-refractivity contribution in [3.63, 3.8) is 0 Å². The summed E-state index contributed by atoms with van der Waals surface area (Å²) in [6, 6.07) is 13.3. The minimum Gasteiger partial charge on any atom is -0.278 e. The number of carbonyl (C=O) groups excluding carboxylic acids is 1. The number of rotatable bonds is 6. The summed E-state index contributed by atoms with van der Waals surface area (Å²) in [7, 11) is -3.73. The molecule has 2 aromatic heterocycles. The van der Waals surface area contributed by atoms with E-state index in [1.165, 1.54) is 35.8 Å². The third-order valence-electron chi connectivity index (χ3n) is 3.08. The van der Waals surface area contributed by atoms with Crippen LogP contribution in [-0.4, -0.2) is 20.5 Å². The van der Waals surface area contributed by atoms with Crippen LogP contribution in [0, 0.1) is 0 Å². The second-order valence-electron chi connectivity index (χ2n) is 4.80. The summed E-state index contributed by atoms with van der Waals surface area (Å²) in [5, 5.41) is 7.46. The van der Waals surface area contributed by atoms with Crippen molar-refractivity contribution < 1.29 is 13.2 Å². The summed E-state index contributed by atoms with van der Waals surface area (Å²) >= 11 is 2.59. The van der Waals surface area contributed by atoms with Gasteiger partial charge >= 0.3 is 0 Å². The maximum absolute atomic E-state index is 12.3. The van der Waals surface area contributed by atoms with Crippen molar-refractivity contribution in [1.29, 1.82) is 0 Å². The Morgan fingerprint density at radius 3 is 2.48 bits per heavy atom. The van der Waals surface area contributed by atoms with E-state index in [2.05, 4.69) is 15.2 Å². The van der Waals surface area contributed by atoms with E-state index in [9.17, 15) is 13.2 Å². The first-order valence-electron chi connectivity index (χ1n) is 7.08. The number of hydrogen-bond donors (Lipinski definition) is 2. The molecule has 0 fully saturated rings. The Balaban J connectivity index is 1.77. The standard InChI is InChI=1S/C16H13N3O3S3/c20-16(18-17-11-12-5-3-9-23-12)13-6-1-2-7-14(13)19-25(21,22)15-8-4-10-24-15/h1-11,19H,(H,18,20). The lowest BCUT2D eigenvalue weighted by Crippen LogP contribution is -2.21. The van der Waals surface area contributed by atoms with Gasteiger partial charge < -0.3 is 0 Å². The van der Waals surface area contributed by atoms with Crippen LogP contribution >= 0.6 is 22.7 Å². The monoisotopic (exact) mass is 391 g/mol. The zero-order valence-corrected chi connectivity index (χ0v) is 15.2. The summed E-state index contributed by atoms with van der Waals surface area (Å²) in [5.74, 6) is -0.503. The number of nitrogens with zero attached hydrogens (tertiary/aromatic N) is 1. The van der Waals surface area contributed by atoms with Gasteiger partial charge in [-0.1, -0.05) is 24.3 Å². The molecule has 0 aliphatic carbocycles. The van der Waals surface area contributed by atoms with Gasteiger partial charge in [0.15, 0.2) is 0 Å². The number of anilines is 1. The zero-order chi connectivity index (χ0) is 17.7. The summed E-state index contributed by atoms with van der Waals surface area (Å²) in [5.41, 5.74) is 2.78. The summed E-state index contributed by atoms with van der Waals surface area (Å²) in [6.07, 6.45) is 1.53. The first-order valence-corrected chi connectivity index (χ1v) is 10.3. The Morgan fingerprint density at radius 1 is 1.00 bits per heavy atom. The van der Waals surface area contributed by atoms with Gasteiger partial charge in [-0.15, -0.1) is 22.7 Å². The van der Waals surface area contributed by atoms with Crippen LogP contribution in [0.3, 0.4) is 0 Å². The molecule has 0 aliphatic rings. The lowest BCUT2D eigenvalue weighted by Gasteiger charge is -2.10. The Morgan fingerprint density at radius 2 is 1.76 bits per heavy atom. The fraction of sp³-hybridized carbons (Fsp3) is 0. The maximum atomic E-state index is 12.3. The molecule has 0 aliphatic heterocycles. The minimum absolute atomic E-state index is 0.179. The second-order valence-corrected chi connectivity index (χ2v) is 8.63. The number of carbonyl (C=O) groups is 1. The molecule has 1 amide bonds. The molecule has 1 aromatic carbocycles. The largest absolute Gasteiger partial charge is 0.278 e. The molecule has 6 nitrogen and oxygen atoms in total. The van der Waals surface area contributed by atoms with Gasteiger partial charge in [0.25, 0.3) is 15.9 Å². The first kappa shape index (κ1) is 17.3. The predicted octanol–water partition coefficient (Wildman–Crippen LogP) is 3.37. The molecule has 25 heavy (non-hydrogen) atoms. The van der Waals surface area contributed by atoms with Crippen molar-refractivity contribution in [1.82, 2.24) is 5.43 Å². The topological polar surface area (TPSA) is 87.6 Å². The van der Waals surface area contributed by atoms with Crippen molar-refractivity contribution in [2.24, 2.45) is 5.10 Å². The third-order valence-corrected chi connectivity index (χ3v) is 6.65. The molecular formula is C16H13N3O3S3. The second kappa shape index (κ2) is 7.60. The molecule has 2 N–H and O–H groups in total. The van der Waals surface area contributed by atoms with Gasteiger partial charge in [-0.3, -0.25) is 9.52 Å². The van der Waals surface area contributed by atoms with Crippen LogP contribution in [0.25, 0.3) is 0 Å². The Bertz CT molecular complexity index is 979. The van der Waals surface area contributed by atoms with Gasteiger partial charge in [0.2, 0.25) is 0 Å². The fourth-order valence-electron chi connectivity index (χ4n) is 1.96. The first-order chi connectivity index (χ1) is 12.1. The summed E-state index contributed by atoms with van der Waals surface area (Å²) in [4.78, 5) is 13.2. The van der Waals surface area contributed by atoms with E-state index in [0.29, 0.717) is 0 Å². The van der Waals surface area contributed by atoms with E-state index in [4.69, 9.17) is 0 Å². The highest BCUT2D eigenvalue weighted by molar-refractivity contribution is 7.94. The van der Waals surface area contributed by atoms with E-state index >= 15 is 0 Å². The number of hydrogen-bond acceptors (Lipinski definition) is 6. The molecule has 2 heterocycles. The van der Waals surface area contributed by atoms with Gasteiger partial charge in [-0.25, -0.2) is 13.8 Å². The van der Waals surface area contributed by atoms with Crippen LogP contribution in [0.1, 0.15) is 15.2 Å². The van der Waals surface area contributed by atoms with Crippen molar-refractivity contribution in [2.75, 3.05) is 4.72 Å². The number of thiophene rings is 2. The molecule has 3 rings (SSSR count). The molecule has 0 unspecified atom stereocenters. The quantitative estimate of drug-likeness (QED) is 0.499. The lowest BCUT2D eigenvalue weighted by atomic mass is 10.2.